The summed E-state index contributed by atoms with van der Waals surface area (Å²) in [6.45, 7) is 6.01. The Morgan fingerprint density at radius 3 is 2.03 bits per heavy atom. The molecular weight excluding hydrogens is 458 g/mol. The minimum absolute atomic E-state index is 0.00546. The minimum Gasteiger partial charge on any atom is -0.365 e. The third-order valence-corrected chi connectivity index (χ3v) is 7.43. The van der Waals surface area contributed by atoms with Gasteiger partial charge in [0, 0.05) is 31.7 Å². The Kier molecular flexibility index (Phi) is 6.63. The number of rotatable bonds is 5. The molecule has 0 aliphatic carbocycles. The molecule has 3 aromatic rings. The number of hydrogen-bond acceptors (Lipinski definition) is 4. The van der Waals surface area contributed by atoms with Crippen molar-refractivity contribution in [2.45, 2.75) is 18.7 Å². The lowest BCUT2D eigenvalue weighted by molar-refractivity contribution is 0.0747. The van der Waals surface area contributed by atoms with Gasteiger partial charge < -0.3 is 9.80 Å². The number of hydrogen-bond donors (Lipinski definition) is 1. The maximum absolute atomic E-state index is 13.0. The largest absolute Gasteiger partial charge is 0.365 e. The summed E-state index contributed by atoms with van der Waals surface area (Å²) in [7, 11) is -3.77. The molecule has 0 spiro atoms. The molecule has 4 rings (SSSR count). The van der Waals surface area contributed by atoms with Crippen LogP contribution < -0.4 is 9.62 Å². The molecule has 1 N–H and O–H groups in total. The number of nitrogens with one attached hydrogen (secondary N) is 1. The van der Waals surface area contributed by atoms with Crippen LogP contribution in [-0.4, -0.2) is 45.4 Å². The van der Waals surface area contributed by atoms with E-state index in [4.69, 9.17) is 11.6 Å². The van der Waals surface area contributed by atoms with E-state index in [9.17, 15) is 13.2 Å². The molecule has 1 amide bonds. The van der Waals surface area contributed by atoms with E-state index in [2.05, 4.69) is 4.72 Å². The molecule has 0 unspecified atom stereocenters. The first kappa shape index (κ1) is 23.1. The predicted octanol–water partition coefficient (Wildman–Crippen LogP) is 4.72. The van der Waals surface area contributed by atoms with Crippen LogP contribution in [0.3, 0.4) is 0 Å². The van der Waals surface area contributed by atoms with Crippen LogP contribution in [0.4, 0.5) is 11.4 Å². The molecule has 0 bridgehead atoms. The Morgan fingerprint density at radius 1 is 0.848 bits per heavy atom. The van der Waals surface area contributed by atoms with Crippen LogP contribution in [0.15, 0.2) is 71.6 Å². The summed E-state index contributed by atoms with van der Waals surface area (Å²) in [6.07, 6.45) is 0. The number of benzene rings is 3. The number of piperazine rings is 1. The number of anilines is 2. The SMILES string of the molecule is Cc1ccc(C(=O)N2CCN(c3c(Cl)cccc3NS(=O)(=O)c3ccc(C)cc3)CC2)cc1. The summed E-state index contributed by atoms with van der Waals surface area (Å²) in [4.78, 5) is 16.9. The molecule has 1 heterocycles. The summed E-state index contributed by atoms with van der Waals surface area (Å²) in [5.41, 5.74) is 3.79. The van der Waals surface area contributed by atoms with Gasteiger partial charge in [-0.3, -0.25) is 9.52 Å². The average Bonchev–Trinajstić information content (AvgIpc) is 2.79. The van der Waals surface area contributed by atoms with Gasteiger partial charge in [-0.1, -0.05) is 53.1 Å². The lowest BCUT2D eigenvalue weighted by atomic mass is 10.1. The zero-order valence-electron chi connectivity index (χ0n) is 18.6. The Hall–Kier alpha value is -3.03. The molecule has 0 aromatic heterocycles. The quantitative estimate of drug-likeness (QED) is 0.570. The lowest BCUT2D eigenvalue weighted by Gasteiger charge is -2.37. The molecule has 1 saturated heterocycles. The van der Waals surface area contributed by atoms with E-state index in [0.717, 1.165) is 11.1 Å². The molecule has 1 fully saturated rings. The molecule has 1 aliphatic rings. The summed E-state index contributed by atoms with van der Waals surface area (Å²) < 4.78 is 28.6. The first-order chi connectivity index (χ1) is 15.7. The summed E-state index contributed by atoms with van der Waals surface area (Å²) in [5.74, 6) is -0.00546. The number of carbonyl (C=O) groups excluding carboxylic acids is 1. The summed E-state index contributed by atoms with van der Waals surface area (Å²) in [6, 6.07) is 19.4. The third kappa shape index (κ3) is 5.15. The Morgan fingerprint density at radius 2 is 1.42 bits per heavy atom. The minimum atomic E-state index is -3.77. The monoisotopic (exact) mass is 483 g/mol. The van der Waals surface area contributed by atoms with Crippen molar-refractivity contribution in [1.82, 2.24) is 4.90 Å². The highest BCUT2D eigenvalue weighted by Gasteiger charge is 2.26. The van der Waals surface area contributed by atoms with Gasteiger partial charge in [-0.05, 0) is 50.2 Å². The fraction of sp³-hybridized carbons (Fsp3) is 0.240. The average molecular weight is 484 g/mol. The van der Waals surface area contributed by atoms with Crippen molar-refractivity contribution in [1.29, 1.82) is 0 Å². The number of amides is 1. The molecule has 33 heavy (non-hydrogen) atoms. The fourth-order valence-corrected chi connectivity index (χ4v) is 5.21. The van der Waals surface area contributed by atoms with Crippen LogP contribution in [0.25, 0.3) is 0 Å². The number of carbonyl (C=O) groups is 1. The van der Waals surface area contributed by atoms with Crippen molar-refractivity contribution in [2.75, 3.05) is 35.8 Å². The van der Waals surface area contributed by atoms with Gasteiger partial charge in [0.1, 0.15) is 0 Å². The molecule has 172 valence electrons. The Balaban J connectivity index is 1.52. The van der Waals surface area contributed by atoms with Gasteiger partial charge in [0.05, 0.1) is 21.3 Å². The third-order valence-electron chi connectivity index (χ3n) is 5.74. The first-order valence-corrected chi connectivity index (χ1v) is 12.6. The van der Waals surface area contributed by atoms with E-state index < -0.39 is 10.0 Å². The molecular formula is C25H26ClN3O3S. The maximum Gasteiger partial charge on any atom is 0.261 e. The van der Waals surface area contributed by atoms with Crippen LogP contribution in [-0.2, 0) is 10.0 Å². The zero-order valence-corrected chi connectivity index (χ0v) is 20.2. The molecule has 0 radical (unpaired) electrons. The molecule has 0 atom stereocenters. The lowest BCUT2D eigenvalue weighted by Crippen LogP contribution is -2.49. The topological polar surface area (TPSA) is 69.7 Å². The van der Waals surface area contributed by atoms with Gasteiger partial charge in [0.2, 0.25) is 0 Å². The Bertz CT molecular complexity index is 1250. The van der Waals surface area contributed by atoms with Gasteiger partial charge in [0.15, 0.2) is 0 Å². The summed E-state index contributed by atoms with van der Waals surface area (Å²) in [5, 5.41) is 0.456. The Labute approximate surface area is 199 Å². The van der Waals surface area contributed by atoms with Crippen molar-refractivity contribution in [3.05, 3.63) is 88.4 Å². The second-order valence-electron chi connectivity index (χ2n) is 8.20. The molecule has 3 aromatic carbocycles. The smallest absolute Gasteiger partial charge is 0.261 e. The van der Waals surface area contributed by atoms with Crippen LogP contribution in [0.1, 0.15) is 21.5 Å². The molecule has 8 heteroatoms. The number of para-hydroxylation sites is 1. The van der Waals surface area contributed by atoms with Crippen LogP contribution in [0.5, 0.6) is 0 Å². The fourth-order valence-electron chi connectivity index (χ4n) is 3.85. The van der Waals surface area contributed by atoms with Gasteiger partial charge in [-0.2, -0.15) is 0 Å². The summed E-state index contributed by atoms with van der Waals surface area (Å²) >= 11 is 6.51. The number of sulfonamides is 1. The van der Waals surface area contributed by atoms with Crippen molar-refractivity contribution < 1.29 is 13.2 Å². The highest BCUT2D eigenvalue weighted by Crippen LogP contribution is 2.36. The van der Waals surface area contributed by atoms with Crippen LogP contribution in [0, 0.1) is 13.8 Å². The van der Waals surface area contributed by atoms with Gasteiger partial charge in [-0.25, -0.2) is 8.42 Å². The van der Waals surface area contributed by atoms with Gasteiger partial charge in [-0.15, -0.1) is 0 Å². The molecule has 6 nitrogen and oxygen atoms in total. The number of halogens is 1. The van der Waals surface area contributed by atoms with Crippen LogP contribution in [0.2, 0.25) is 5.02 Å². The van der Waals surface area contributed by atoms with Gasteiger partial charge >= 0.3 is 0 Å². The van der Waals surface area contributed by atoms with Crippen molar-refractivity contribution >= 4 is 38.9 Å². The second kappa shape index (κ2) is 9.45. The van der Waals surface area contributed by atoms with Crippen molar-refractivity contribution in [3.63, 3.8) is 0 Å². The molecule has 1 aliphatic heterocycles. The van der Waals surface area contributed by atoms with Crippen molar-refractivity contribution in [2.24, 2.45) is 0 Å². The standard InChI is InChI=1S/C25H26ClN3O3S/c1-18-6-10-20(11-7-18)25(30)29-16-14-28(15-17-29)24-22(26)4-3-5-23(24)27-33(31,32)21-12-8-19(2)9-13-21/h3-13,27H,14-17H2,1-2H3. The van der Waals surface area contributed by atoms with Crippen LogP contribution >= 0.6 is 11.6 Å². The first-order valence-electron chi connectivity index (χ1n) is 10.7. The number of nitrogens with zero attached hydrogens (tertiary/aromatic N) is 2. The predicted molar refractivity (Wildman–Crippen MR) is 133 cm³/mol. The van der Waals surface area contributed by atoms with E-state index in [1.165, 1.54) is 0 Å². The second-order valence-corrected chi connectivity index (χ2v) is 10.3. The van der Waals surface area contributed by atoms with E-state index in [0.29, 0.717) is 48.1 Å². The zero-order chi connectivity index (χ0) is 23.6. The highest BCUT2D eigenvalue weighted by molar-refractivity contribution is 7.92. The van der Waals surface area contributed by atoms with Crippen molar-refractivity contribution in [3.8, 4) is 0 Å². The maximum atomic E-state index is 13.0. The van der Waals surface area contributed by atoms with E-state index in [1.54, 1.807) is 42.5 Å². The van der Waals surface area contributed by atoms with E-state index in [-0.39, 0.29) is 10.8 Å². The van der Waals surface area contributed by atoms with E-state index >= 15 is 0 Å². The van der Waals surface area contributed by atoms with E-state index in [1.807, 2.05) is 47.9 Å². The number of aryl methyl sites for hydroxylation is 2. The highest BCUT2D eigenvalue weighted by atomic mass is 35.5. The van der Waals surface area contributed by atoms with Gasteiger partial charge in [0.25, 0.3) is 15.9 Å². The normalized spacial score (nSPS) is 14.3. The molecule has 0 saturated carbocycles.